The lowest BCUT2D eigenvalue weighted by atomic mass is 9.90. The predicted molar refractivity (Wildman–Crippen MR) is 129 cm³/mol. The van der Waals surface area contributed by atoms with Gasteiger partial charge in [-0.05, 0) is 47.8 Å². The van der Waals surface area contributed by atoms with Gasteiger partial charge in [-0.2, -0.15) is 0 Å². The summed E-state index contributed by atoms with van der Waals surface area (Å²) < 4.78 is 39.8. The molecular weight excluding hydrogens is 441 g/mol. The second kappa shape index (κ2) is 7.66. The lowest BCUT2D eigenvalue weighted by Crippen LogP contribution is -2.50. The number of carbonyl (C=O) groups excluding carboxylic acids is 1. The Balaban J connectivity index is 1.48. The average Bonchev–Trinajstić information content (AvgIpc) is 3.51. The number of ketones is 1. The lowest BCUT2D eigenvalue weighted by molar-refractivity contribution is -0.360. The third-order valence-electron chi connectivity index (χ3n) is 5.95. The number of thiophene rings is 1. The number of nitrogens with zero attached hydrogens (tertiary/aromatic N) is 2. The van der Waals surface area contributed by atoms with Gasteiger partial charge in [-0.25, -0.2) is 0 Å². The number of ether oxygens (including phenoxy) is 1. The number of rotatable bonds is 5. The molecule has 0 amide bonds. The van der Waals surface area contributed by atoms with E-state index in [1.807, 2.05) is 38.3 Å². The van der Waals surface area contributed by atoms with Gasteiger partial charge in [0.05, 0.1) is 0 Å². The van der Waals surface area contributed by atoms with Crippen molar-refractivity contribution in [2.75, 3.05) is 6.61 Å². The van der Waals surface area contributed by atoms with Gasteiger partial charge in [-0.1, -0.05) is 26.8 Å². The first-order valence-electron chi connectivity index (χ1n) is 10.8. The molecule has 0 N–H and O–H groups in total. The van der Waals surface area contributed by atoms with E-state index in [1.165, 1.54) is 11.3 Å². The van der Waals surface area contributed by atoms with Crippen molar-refractivity contribution in [1.29, 1.82) is 0 Å². The van der Waals surface area contributed by atoms with Crippen LogP contribution in [0.1, 0.15) is 32.0 Å². The fourth-order valence-corrected chi connectivity index (χ4v) is 4.82. The molecule has 4 nitrogen and oxygen atoms in total. The normalized spacial score (nSPS) is 16.5. The van der Waals surface area contributed by atoms with E-state index in [4.69, 9.17) is 4.74 Å². The Kier molecular flexibility index (Phi) is 5.01. The van der Waals surface area contributed by atoms with E-state index in [-0.39, 0.29) is 12.4 Å². The van der Waals surface area contributed by atoms with Crippen LogP contribution in [0.5, 0.6) is 5.75 Å². The van der Waals surface area contributed by atoms with Gasteiger partial charge in [0.1, 0.15) is 12.4 Å². The molecule has 5 rings (SSSR count). The van der Waals surface area contributed by atoms with Gasteiger partial charge in [-0.3, -0.25) is 4.79 Å². The molecular formula is C25H23BF2N2O2S. The number of halogens is 2. The number of benzene rings is 1. The van der Waals surface area contributed by atoms with Gasteiger partial charge in [0.2, 0.25) is 0 Å². The van der Waals surface area contributed by atoms with E-state index in [0.717, 1.165) is 13.8 Å². The molecule has 0 saturated heterocycles. The smallest absolute Gasteiger partial charge is 0.486 e. The van der Waals surface area contributed by atoms with Crippen LogP contribution < -0.4 is 4.74 Å². The van der Waals surface area contributed by atoms with Crippen LogP contribution in [0.25, 0.3) is 16.6 Å². The average molecular weight is 464 g/mol. The maximum atomic E-state index is 16.0. The first-order chi connectivity index (χ1) is 15.7. The molecule has 168 valence electrons. The van der Waals surface area contributed by atoms with E-state index in [1.54, 1.807) is 54.6 Å². The van der Waals surface area contributed by atoms with Gasteiger partial charge >= 0.3 is 6.97 Å². The van der Waals surface area contributed by atoms with Gasteiger partial charge in [0.25, 0.3) is 0 Å². The summed E-state index contributed by atoms with van der Waals surface area (Å²) in [6.45, 7) is 1.41. The van der Waals surface area contributed by atoms with Gasteiger partial charge < -0.3 is 22.3 Å². The maximum Gasteiger partial charge on any atom is 0.737 e. The number of aromatic nitrogens is 1. The van der Waals surface area contributed by atoms with Gasteiger partial charge in [0.15, 0.2) is 17.2 Å². The molecule has 0 saturated carbocycles. The molecule has 0 bridgehead atoms. The SMILES string of the molecule is CC(C)(C)C(=O)COc1ccc(C2=[N+]3C(=Cc4ccc(-c5cccs5)n4[B-]3(F)F)C=C2)cc1. The zero-order chi connectivity index (χ0) is 23.4. The van der Waals surface area contributed by atoms with Crippen LogP contribution in [0, 0.1) is 5.41 Å². The number of fused-ring (bicyclic) bond motifs is 2. The number of hydrogen-bond donors (Lipinski definition) is 0. The summed E-state index contributed by atoms with van der Waals surface area (Å²) in [5, 5.41) is 1.89. The van der Waals surface area contributed by atoms with Crippen molar-refractivity contribution < 1.29 is 22.6 Å². The molecule has 2 aliphatic rings. The zero-order valence-corrected chi connectivity index (χ0v) is 19.4. The summed E-state index contributed by atoms with van der Waals surface area (Å²) in [6, 6.07) is 14.1. The molecule has 1 aromatic carbocycles. The lowest BCUT2D eigenvalue weighted by Gasteiger charge is -2.30. The highest BCUT2D eigenvalue weighted by molar-refractivity contribution is 7.13. The summed E-state index contributed by atoms with van der Waals surface area (Å²) in [7, 11) is 0. The summed E-state index contributed by atoms with van der Waals surface area (Å²) in [6.07, 6.45) is 5.23. The van der Waals surface area contributed by atoms with Crippen molar-refractivity contribution >= 4 is 35.9 Å². The van der Waals surface area contributed by atoms with Crippen molar-refractivity contribution in [1.82, 2.24) is 4.48 Å². The highest BCUT2D eigenvalue weighted by Gasteiger charge is 2.52. The molecule has 0 spiro atoms. The predicted octanol–water partition coefficient (Wildman–Crippen LogP) is 5.86. The van der Waals surface area contributed by atoms with Crippen LogP contribution in [-0.2, 0) is 4.79 Å². The molecule has 0 radical (unpaired) electrons. The Labute approximate surface area is 195 Å². The van der Waals surface area contributed by atoms with Gasteiger partial charge in [0, 0.05) is 45.5 Å². The Morgan fingerprint density at radius 2 is 1.85 bits per heavy atom. The standard InChI is InChI=1S/C25H23BF2N2O2S/c1-25(2,3)24(31)16-32-20-10-6-17(7-11-20)21-12-8-18-15-19-9-13-22(23-5-4-14-33-23)30(19)26(27,28)29(18)21/h4-15H,16H2,1-3H3. The number of hydrogen-bond acceptors (Lipinski definition) is 3. The Hall–Kier alpha value is -3.26. The van der Waals surface area contributed by atoms with Crippen molar-refractivity contribution in [2.45, 2.75) is 20.8 Å². The van der Waals surface area contributed by atoms with Crippen LogP contribution in [0.15, 0.2) is 71.8 Å². The molecule has 0 unspecified atom stereocenters. The van der Waals surface area contributed by atoms with E-state index in [9.17, 15) is 4.79 Å². The highest BCUT2D eigenvalue weighted by Crippen LogP contribution is 2.38. The Morgan fingerprint density at radius 1 is 1.09 bits per heavy atom. The summed E-state index contributed by atoms with van der Waals surface area (Å²) in [5.74, 6) is 0.521. The topological polar surface area (TPSA) is 34.2 Å². The first-order valence-corrected chi connectivity index (χ1v) is 11.6. The molecule has 8 heteroatoms. The fourth-order valence-electron chi connectivity index (χ4n) is 4.07. The quantitative estimate of drug-likeness (QED) is 0.444. The molecule has 3 aromatic rings. The zero-order valence-electron chi connectivity index (χ0n) is 18.6. The first kappa shape index (κ1) is 21.6. The largest absolute Gasteiger partial charge is 0.737 e. The molecule has 2 aromatic heterocycles. The van der Waals surface area contributed by atoms with Crippen LogP contribution in [0.3, 0.4) is 0 Å². The monoisotopic (exact) mass is 464 g/mol. The maximum absolute atomic E-state index is 16.0. The minimum absolute atomic E-state index is 0.00538. The Bertz CT molecular complexity index is 1330. The second-order valence-corrected chi connectivity index (χ2v) is 10.2. The molecule has 0 atom stereocenters. The molecule has 0 aliphatic carbocycles. The third kappa shape index (κ3) is 3.68. The van der Waals surface area contributed by atoms with Crippen molar-refractivity contribution in [3.63, 3.8) is 0 Å². The molecule has 0 fully saturated rings. The number of Topliss-reactive ketones (excluding diaryl/α,β-unsaturated/α-hetero) is 1. The van der Waals surface area contributed by atoms with Crippen LogP contribution in [0.2, 0.25) is 0 Å². The Morgan fingerprint density at radius 3 is 2.52 bits per heavy atom. The van der Waals surface area contributed by atoms with Crippen molar-refractivity contribution in [3.05, 3.63) is 83.0 Å². The van der Waals surface area contributed by atoms with Crippen LogP contribution in [0.4, 0.5) is 8.63 Å². The summed E-state index contributed by atoms with van der Waals surface area (Å²) >= 11 is 1.44. The minimum Gasteiger partial charge on any atom is -0.486 e. The summed E-state index contributed by atoms with van der Waals surface area (Å²) in [4.78, 5) is 12.9. The number of allylic oxidation sites excluding steroid dienone is 2. The molecule has 4 heterocycles. The second-order valence-electron chi connectivity index (χ2n) is 9.22. The van der Waals surface area contributed by atoms with Gasteiger partial charge in [-0.15, -0.1) is 11.3 Å². The van der Waals surface area contributed by atoms with Crippen LogP contribution in [-0.4, -0.2) is 34.0 Å². The molecule has 2 aliphatic heterocycles. The third-order valence-corrected chi connectivity index (χ3v) is 6.84. The number of carbonyl (C=O) groups is 1. The minimum atomic E-state index is -4.09. The van der Waals surface area contributed by atoms with E-state index < -0.39 is 12.4 Å². The van der Waals surface area contributed by atoms with Crippen LogP contribution >= 0.6 is 11.3 Å². The van der Waals surface area contributed by atoms with E-state index >= 15 is 8.63 Å². The molecule has 33 heavy (non-hydrogen) atoms. The fraction of sp³-hybridized carbons (Fsp3) is 0.200. The van der Waals surface area contributed by atoms with Crippen molar-refractivity contribution in [3.8, 4) is 16.3 Å². The van der Waals surface area contributed by atoms with Crippen molar-refractivity contribution in [2.24, 2.45) is 5.41 Å². The highest BCUT2D eigenvalue weighted by atomic mass is 32.1. The van der Waals surface area contributed by atoms with E-state index in [0.29, 0.717) is 34.1 Å². The van der Waals surface area contributed by atoms with E-state index in [2.05, 4.69) is 0 Å². The summed E-state index contributed by atoms with van der Waals surface area (Å²) in [5.41, 5.74) is 2.08.